The van der Waals surface area contributed by atoms with Gasteiger partial charge in [0.1, 0.15) is 0 Å². The monoisotopic (exact) mass is 302 g/mol. The Labute approximate surface area is 126 Å². The van der Waals surface area contributed by atoms with Crippen molar-refractivity contribution < 1.29 is 19.1 Å². The van der Waals surface area contributed by atoms with Gasteiger partial charge in [-0.2, -0.15) is 0 Å². The fourth-order valence-electron chi connectivity index (χ4n) is 2.10. The molecule has 0 atom stereocenters. The summed E-state index contributed by atoms with van der Waals surface area (Å²) in [7, 11) is 3.86. The maximum atomic E-state index is 12.5. The molecule has 7 nitrogen and oxygen atoms in total. The number of aromatic nitrogens is 2. The number of rotatable bonds is 3. The number of aryl methyl sites for hydroxylation is 1. The van der Waals surface area contributed by atoms with Gasteiger partial charge in [-0.3, -0.25) is 9.78 Å². The molecule has 0 N–H and O–H groups in total. The second-order valence-electron chi connectivity index (χ2n) is 4.43. The minimum atomic E-state index is -0.787. The number of pyridine rings is 2. The van der Waals surface area contributed by atoms with E-state index in [2.05, 4.69) is 9.72 Å². The summed E-state index contributed by atoms with van der Waals surface area (Å²) in [6.07, 6.45) is 4.23. The summed E-state index contributed by atoms with van der Waals surface area (Å²) >= 11 is 0. The molecule has 2 aromatic rings. The minimum Gasteiger partial charge on any atom is -0.465 e. The summed E-state index contributed by atoms with van der Waals surface area (Å²) in [5, 5.41) is 0. The van der Waals surface area contributed by atoms with Crippen molar-refractivity contribution in [3.05, 3.63) is 52.2 Å². The average molecular weight is 302 g/mol. The highest BCUT2D eigenvalue weighted by Crippen LogP contribution is 2.23. The lowest BCUT2D eigenvalue weighted by molar-refractivity contribution is 0.0554. The predicted octanol–water partition coefficient (Wildman–Crippen LogP) is 1.02. The van der Waals surface area contributed by atoms with Crippen molar-refractivity contribution >= 4 is 11.9 Å². The minimum absolute atomic E-state index is 0.0386. The molecular formula is C15H14N2O5. The molecule has 0 aliphatic carbocycles. The van der Waals surface area contributed by atoms with Crippen LogP contribution in [-0.2, 0) is 16.5 Å². The van der Waals surface area contributed by atoms with E-state index >= 15 is 0 Å². The van der Waals surface area contributed by atoms with Crippen molar-refractivity contribution in [2.45, 2.75) is 0 Å². The highest BCUT2D eigenvalue weighted by atomic mass is 16.5. The molecule has 0 saturated carbocycles. The van der Waals surface area contributed by atoms with Gasteiger partial charge in [-0.15, -0.1) is 0 Å². The second kappa shape index (κ2) is 6.21. The van der Waals surface area contributed by atoms with Gasteiger partial charge in [-0.05, 0) is 17.7 Å². The van der Waals surface area contributed by atoms with E-state index in [1.807, 2.05) is 0 Å². The van der Waals surface area contributed by atoms with Crippen molar-refractivity contribution in [2.75, 3.05) is 14.2 Å². The Balaban J connectivity index is 2.91. The predicted molar refractivity (Wildman–Crippen MR) is 77.6 cm³/mol. The number of carbonyl (C=O) groups excluding carboxylic acids is 2. The van der Waals surface area contributed by atoms with Crippen LogP contribution in [0.1, 0.15) is 20.7 Å². The van der Waals surface area contributed by atoms with Crippen LogP contribution in [-0.4, -0.2) is 35.7 Å². The van der Waals surface area contributed by atoms with Crippen molar-refractivity contribution in [2.24, 2.45) is 7.05 Å². The maximum absolute atomic E-state index is 12.5. The van der Waals surface area contributed by atoms with Crippen LogP contribution in [0.25, 0.3) is 11.1 Å². The molecule has 114 valence electrons. The van der Waals surface area contributed by atoms with Gasteiger partial charge in [0.05, 0.1) is 30.9 Å². The van der Waals surface area contributed by atoms with Crippen LogP contribution in [0.5, 0.6) is 0 Å². The quantitative estimate of drug-likeness (QED) is 0.787. The van der Waals surface area contributed by atoms with Crippen molar-refractivity contribution in [3.8, 4) is 11.1 Å². The van der Waals surface area contributed by atoms with E-state index in [0.29, 0.717) is 5.56 Å². The Morgan fingerprint density at radius 3 is 2.23 bits per heavy atom. The highest BCUT2D eigenvalue weighted by Gasteiger charge is 2.26. The third-order valence-corrected chi connectivity index (χ3v) is 3.14. The summed E-state index contributed by atoms with van der Waals surface area (Å²) in [6, 6.07) is 3.15. The van der Waals surface area contributed by atoms with Crippen LogP contribution < -0.4 is 5.56 Å². The third-order valence-electron chi connectivity index (χ3n) is 3.14. The van der Waals surface area contributed by atoms with Gasteiger partial charge >= 0.3 is 11.9 Å². The Morgan fingerprint density at radius 2 is 1.68 bits per heavy atom. The first kappa shape index (κ1) is 15.4. The van der Waals surface area contributed by atoms with Crippen LogP contribution in [0, 0.1) is 0 Å². The SMILES string of the molecule is COC(=O)c1cn(C)c(=O)c(-c2ccncc2)c1C(=O)OC. The average Bonchev–Trinajstić information content (AvgIpc) is 2.56. The Hall–Kier alpha value is -2.96. The van der Waals surface area contributed by atoms with E-state index in [9.17, 15) is 14.4 Å². The molecule has 0 aliphatic heterocycles. The topological polar surface area (TPSA) is 87.5 Å². The van der Waals surface area contributed by atoms with Crippen molar-refractivity contribution in [3.63, 3.8) is 0 Å². The molecule has 2 aromatic heterocycles. The zero-order valence-corrected chi connectivity index (χ0v) is 12.3. The Morgan fingerprint density at radius 1 is 1.09 bits per heavy atom. The molecule has 0 radical (unpaired) electrons. The van der Waals surface area contributed by atoms with E-state index in [-0.39, 0.29) is 16.7 Å². The summed E-state index contributed by atoms with van der Waals surface area (Å²) in [5.74, 6) is -1.52. The van der Waals surface area contributed by atoms with Crippen LogP contribution >= 0.6 is 0 Å². The Kier molecular flexibility index (Phi) is 4.36. The molecular weight excluding hydrogens is 288 g/mol. The van der Waals surface area contributed by atoms with Crippen LogP contribution in [0.15, 0.2) is 35.5 Å². The zero-order valence-electron chi connectivity index (χ0n) is 12.3. The first-order valence-corrected chi connectivity index (χ1v) is 6.32. The standard InChI is InChI=1S/C15H14N2O5/c1-17-8-10(14(19)21-2)12(15(20)22-3)11(13(17)18)9-4-6-16-7-5-9/h4-8H,1-3H3. The number of esters is 2. The van der Waals surface area contributed by atoms with Gasteiger partial charge < -0.3 is 14.0 Å². The number of carbonyl (C=O) groups is 2. The first-order chi connectivity index (χ1) is 10.5. The van der Waals surface area contributed by atoms with E-state index < -0.39 is 17.5 Å². The lowest BCUT2D eigenvalue weighted by atomic mass is 9.98. The van der Waals surface area contributed by atoms with E-state index in [4.69, 9.17) is 4.74 Å². The normalized spacial score (nSPS) is 10.1. The lowest BCUT2D eigenvalue weighted by Gasteiger charge is -2.13. The van der Waals surface area contributed by atoms with Crippen LogP contribution in [0.2, 0.25) is 0 Å². The summed E-state index contributed by atoms with van der Waals surface area (Å²) in [4.78, 5) is 40.4. The first-order valence-electron chi connectivity index (χ1n) is 6.32. The molecule has 2 rings (SSSR count). The number of ether oxygens (including phenoxy) is 2. The molecule has 0 bridgehead atoms. The van der Waals surface area contributed by atoms with Gasteiger partial charge in [0, 0.05) is 25.6 Å². The van der Waals surface area contributed by atoms with Gasteiger partial charge in [0.25, 0.3) is 5.56 Å². The Bertz CT molecular complexity index is 781. The maximum Gasteiger partial charge on any atom is 0.340 e. The molecule has 0 saturated heterocycles. The molecule has 22 heavy (non-hydrogen) atoms. The smallest absolute Gasteiger partial charge is 0.340 e. The molecule has 0 spiro atoms. The molecule has 2 heterocycles. The van der Waals surface area contributed by atoms with Gasteiger partial charge in [-0.25, -0.2) is 9.59 Å². The molecule has 0 amide bonds. The van der Waals surface area contributed by atoms with E-state index in [0.717, 1.165) is 0 Å². The van der Waals surface area contributed by atoms with E-state index in [1.54, 1.807) is 12.1 Å². The van der Waals surface area contributed by atoms with E-state index in [1.165, 1.54) is 44.4 Å². The number of hydrogen-bond acceptors (Lipinski definition) is 6. The molecule has 7 heteroatoms. The van der Waals surface area contributed by atoms with Gasteiger partial charge in [0.15, 0.2) is 0 Å². The van der Waals surface area contributed by atoms with Gasteiger partial charge in [0.2, 0.25) is 0 Å². The lowest BCUT2D eigenvalue weighted by Crippen LogP contribution is -2.26. The van der Waals surface area contributed by atoms with Gasteiger partial charge in [-0.1, -0.05) is 0 Å². The highest BCUT2D eigenvalue weighted by molar-refractivity contribution is 6.07. The summed E-state index contributed by atoms with van der Waals surface area (Å²) in [5.41, 5.74) is -0.0624. The van der Waals surface area contributed by atoms with Crippen LogP contribution in [0.4, 0.5) is 0 Å². The number of hydrogen-bond donors (Lipinski definition) is 0. The fourth-order valence-corrected chi connectivity index (χ4v) is 2.10. The number of nitrogens with zero attached hydrogens (tertiary/aromatic N) is 2. The second-order valence-corrected chi connectivity index (χ2v) is 4.43. The molecule has 0 fully saturated rings. The molecule has 0 aromatic carbocycles. The van der Waals surface area contributed by atoms with Crippen LogP contribution in [0.3, 0.4) is 0 Å². The van der Waals surface area contributed by atoms with Crippen molar-refractivity contribution in [1.82, 2.24) is 9.55 Å². The number of methoxy groups -OCH3 is 2. The molecule has 0 aliphatic rings. The summed E-state index contributed by atoms with van der Waals surface area (Å²) < 4.78 is 10.6. The third kappa shape index (κ3) is 2.60. The fraction of sp³-hybridized carbons (Fsp3) is 0.200. The molecule has 0 unspecified atom stereocenters. The summed E-state index contributed by atoms with van der Waals surface area (Å²) in [6.45, 7) is 0. The van der Waals surface area contributed by atoms with Crippen molar-refractivity contribution in [1.29, 1.82) is 0 Å². The zero-order chi connectivity index (χ0) is 16.3. The largest absolute Gasteiger partial charge is 0.465 e.